The van der Waals surface area contributed by atoms with Crippen molar-refractivity contribution < 1.29 is 0 Å². The Morgan fingerprint density at radius 2 is 1.90 bits per heavy atom. The Hall–Kier alpha value is -2.29. The topological polar surface area (TPSA) is 92.9 Å². The molecule has 0 aromatic carbocycles. The lowest BCUT2D eigenvalue weighted by molar-refractivity contribution is 0.912. The smallest absolute Gasteiger partial charge is 0.254 e. The standard InChI is InChI=1S/C12H13BrN8/c1-8-4-10(21-12(20-8)18-7-19-21)14-2-3-15-11-16-5-9(13)6-17-11/h4-7,14H,2-3H2,1H3,(H,15,16,17). The van der Waals surface area contributed by atoms with E-state index in [9.17, 15) is 0 Å². The van der Waals surface area contributed by atoms with Crippen molar-refractivity contribution in [2.45, 2.75) is 6.92 Å². The number of halogens is 1. The maximum Gasteiger partial charge on any atom is 0.254 e. The average molecular weight is 349 g/mol. The molecule has 21 heavy (non-hydrogen) atoms. The number of aromatic nitrogens is 6. The SMILES string of the molecule is Cc1cc(NCCNc2ncc(Br)cn2)n2ncnc2n1. The van der Waals surface area contributed by atoms with Crippen molar-refractivity contribution in [3.63, 3.8) is 0 Å². The van der Waals surface area contributed by atoms with Crippen LogP contribution in [0.25, 0.3) is 5.78 Å². The molecule has 0 aliphatic rings. The van der Waals surface area contributed by atoms with Gasteiger partial charge in [0.25, 0.3) is 5.78 Å². The van der Waals surface area contributed by atoms with Crippen LogP contribution in [0.2, 0.25) is 0 Å². The van der Waals surface area contributed by atoms with E-state index in [-0.39, 0.29) is 0 Å². The molecule has 0 aliphatic heterocycles. The Morgan fingerprint density at radius 3 is 2.71 bits per heavy atom. The molecule has 0 unspecified atom stereocenters. The summed E-state index contributed by atoms with van der Waals surface area (Å²) in [7, 11) is 0. The minimum Gasteiger partial charge on any atom is -0.368 e. The first-order chi connectivity index (χ1) is 10.2. The summed E-state index contributed by atoms with van der Waals surface area (Å²) in [6.07, 6.45) is 4.89. The first kappa shape index (κ1) is 13.7. The second-order valence-corrected chi connectivity index (χ2v) is 5.25. The molecule has 0 aliphatic carbocycles. The first-order valence-electron chi connectivity index (χ1n) is 6.35. The lowest BCUT2D eigenvalue weighted by Gasteiger charge is -2.09. The lowest BCUT2D eigenvalue weighted by atomic mass is 10.4. The molecule has 3 heterocycles. The van der Waals surface area contributed by atoms with E-state index in [1.807, 2.05) is 13.0 Å². The zero-order chi connectivity index (χ0) is 14.7. The molecule has 3 aromatic rings. The maximum atomic E-state index is 4.29. The fraction of sp³-hybridized carbons (Fsp3) is 0.250. The fourth-order valence-electron chi connectivity index (χ4n) is 1.82. The van der Waals surface area contributed by atoms with Gasteiger partial charge < -0.3 is 10.6 Å². The van der Waals surface area contributed by atoms with Crippen molar-refractivity contribution in [2.75, 3.05) is 23.7 Å². The summed E-state index contributed by atoms with van der Waals surface area (Å²) in [5.41, 5.74) is 0.891. The molecule has 8 nitrogen and oxygen atoms in total. The molecular weight excluding hydrogens is 336 g/mol. The van der Waals surface area contributed by atoms with Gasteiger partial charge in [-0.1, -0.05) is 0 Å². The summed E-state index contributed by atoms with van der Waals surface area (Å²) in [6.45, 7) is 3.30. The Morgan fingerprint density at radius 1 is 1.14 bits per heavy atom. The molecule has 108 valence electrons. The average Bonchev–Trinajstić information content (AvgIpc) is 2.93. The van der Waals surface area contributed by atoms with Gasteiger partial charge in [-0.25, -0.2) is 15.0 Å². The molecule has 3 rings (SSSR count). The summed E-state index contributed by atoms with van der Waals surface area (Å²) >= 11 is 3.30. The molecule has 0 fully saturated rings. The zero-order valence-electron chi connectivity index (χ0n) is 11.3. The number of fused-ring (bicyclic) bond motifs is 1. The van der Waals surface area contributed by atoms with Crippen LogP contribution in [0.5, 0.6) is 0 Å². The Kier molecular flexibility index (Phi) is 3.91. The molecule has 2 N–H and O–H groups in total. The molecular formula is C12H13BrN8. The van der Waals surface area contributed by atoms with E-state index in [1.165, 1.54) is 6.33 Å². The van der Waals surface area contributed by atoms with Crippen LogP contribution < -0.4 is 10.6 Å². The molecule has 0 saturated heterocycles. The van der Waals surface area contributed by atoms with E-state index in [2.05, 4.69) is 51.6 Å². The molecule has 0 spiro atoms. The molecule has 0 amide bonds. The van der Waals surface area contributed by atoms with Crippen LogP contribution in [-0.2, 0) is 0 Å². The predicted octanol–water partition coefficient (Wildman–Crippen LogP) is 1.51. The van der Waals surface area contributed by atoms with E-state index < -0.39 is 0 Å². The summed E-state index contributed by atoms with van der Waals surface area (Å²) in [5.74, 6) is 2.03. The van der Waals surface area contributed by atoms with Crippen LogP contribution in [0.4, 0.5) is 11.8 Å². The van der Waals surface area contributed by atoms with E-state index in [0.29, 0.717) is 24.8 Å². The van der Waals surface area contributed by atoms with Crippen LogP contribution in [0.3, 0.4) is 0 Å². The van der Waals surface area contributed by atoms with E-state index >= 15 is 0 Å². The minimum absolute atomic E-state index is 0.585. The van der Waals surface area contributed by atoms with Gasteiger partial charge in [0.2, 0.25) is 5.95 Å². The maximum absolute atomic E-state index is 4.29. The van der Waals surface area contributed by atoms with Crippen LogP contribution >= 0.6 is 15.9 Å². The van der Waals surface area contributed by atoms with Gasteiger partial charge in [-0.05, 0) is 22.9 Å². The van der Waals surface area contributed by atoms with Gasteiger partial charge in [0, 0.05) is 37.2 Å². The molecule has 0 atom stereocenters. The summed E-state index contributed by atoms with van der Waals surface area (Å²) in [6, 6.07) is 1.93. The lowest BCUT2D eigenvalue weighted by Crippen LogP contribution is -2.17. The second-order valence-electron chi connectivity index (χ2n) is 4.33. The van der Waals surface area contributed by atoms with Crippen molar-refractivity contribution in [2.24, 2.45) is 0 Å². The third kappa shape index (κ3) is 3.24. The third-order valence-electron chi connectivity index (χ3n) is 2.71. The van der Waals surface area contributed by atoms with Crippen molar-refractivity contribution in [3.05, 3.63) is 35.0 Å². The van der Waals surface area contributed by atoms with Gasteiger partial charge in [0.05, 0.1) is 4.47 Å². The highest BCUT2D eigenvalue weighted by molar-refractivity contribution is 9.10. The van der Waals surface area contributed by atoms with Crippen LogP contribution in [-0.4, -0.2) is 42.6 Å². The predicted molar refractivity (Wildman–Crippen MR) is 82.2 cm³/mol. The Bertz CT molecular complexity index is 739. The number of rotatable bonds is 5. The third-order valence-corrected chi connectivity index (χ3v) is 3.12. The minimum atomic E-state index is 0.585. The van der Waals surface area contributed by atoms with Crippen LogP contribution in [0, 0.1) is 6.92 Å². The molecule has 0 radical (unpaired) electrons. The van der Waals surface area contributed by atoms with Crippen molar-refractivity contribution in [1.29, 1.82) is 0 Å². The van der Waals surface area contributed by atoms with Crippen molar-refractivity contribution in [1.82, 2.24) is 29.5 Å². The van der Waals surface area contributed by atoms with Gasteiger partial charge in [0.1, 0.15) is 12.1 Å². The number of hydrogen-bond donors (Lipinski definition) is 2. The van der Waals surface area contributed by atoms with E-state index in [4.69, 9.17) is 0 Å². The highest BCUT2D eigenvalue weighted by atomic mass is 79.9. The van der Waals surface area contributed by atoms with Gasteiger partial charge in [-0.15, -0.1) is 0 Å². The van der Waals surface area contributed by atoms with Gasteiger partial charge in [-0.3, -0.25) is 0 Å². The van der Waals surface area contributed by atoms with Crippen molar-refractivity contribution in [3.8, 4) is 0 Å². The monoisotopic (exact) mass is 348 g/mol. The molecule has 3 aromatic heterocycles. The molecule has 0 saturated carbocycles. The molecule has 0 bridgehead atoms. The van der Waals surface area contributed by atoms with Crippen LogP contribution in [0.1, 0.15) is 5.69 Å². The summed E-state index contributed by atoms with van der Waals surface area (Å²) in [5, 5.41) is 10.6. The summed E-state index contributed by atoms with van der Waals surface area (Å²) < 4.78 is 2.52. The normalized spacial score (nSPS) is 10.8. The van der Waals surface area contributed by atoms with Gasteiger partial charge in [0.15, 0.2) is 0 Å². The highest BCUT2D eigenvalue weighted by Crippen LogP contribution is 2.10. The van der Waals surface area contributed by atoms with E-state index in [0.717, 1.165) is 16.0 Å². The quantitative estimate of drug-likeness (QED) is 0.675. The number of nitrogens with zero attached hydrogens (tertiary/aromatic N) is 6. The number of hydrogen-bond acceptors (Lipinski definition) is 7. The largest absolute Gasteiger partial charge is 0.368 e. The molecule has 9 heteroatoms. The van der Waals surface area contributed by atoms with Gasteiger partial charge >= 0.3 is 0 Å². The Balaban J connectivity index is 1.59. The number of aryl methyl sites for hydroxylation is 1. The Labute approximate surface area is 129 Å². The number of anilines is 2. The zero-order valence-corrected chi connectivity index (χ0v) is 12.9. The highest BCUT2D eigenvalue weighted by Gasteiger charge is 2.04. The first-order valence-corrected chi connectivity index (χ1v) is 7.14. The van der Waals surface area contributed by atoms with Crippen molar-refractivity contribution >= 4 is 33.5 Å². The van der Waals surface area contributed by atoms with Crippen LogP contribution in [0.15, 0.2) is 29.3 Å². The fourth-order valence-corrected chi connectivity index (χ4v) is 2.03. The number of nitrogens with one attached hydrogen (secondary N) is 2. The second kappa shape index (κ2) is 6.00. The summed E-state index contributed by atoms with van der Waals surface area (Å²) in [4.78, 5) is 16.7. The van der Waals surface area contributed by atoms with E-state index in [1.54, 1.807) is 16.9 Å². The van der Waals surface area contributed by atoms with Gasteiger partial charge in [-0.2, -0.15) is 14.6 Å².